The number of para-hydroxylation sites is 1. The van der Waals surface area contributed by atoms with Crippen LogP contribution in [0.25, 0.3) is 21.2 Å². The molecule has 0 bridgehead atoms. The number of sulfonamides is 1. The number of nitrogens with zero attached hydrogens (tertiary/aromatic N) is 4. The van der Waals surface area contributed by atoms with E-state index in [1.165, 1.54) is 52.4 Å². The van der Waals surface area contributed by atoms with Gasteiger partial charge in [-0.1, -0.05) is 43.7 Å². The summed E-state index contributed by atoms with van der Waals surface area (Å²) in [4.78, 5) is 31.6. The molecule has 222 valence electrons. The third kappa shape index (κ3) is 6.21. The molecule has 43 heavy (non-hydrogen) atoms. The lowest BCUT2D eigenvalue weighted by Gasteiger charge is -2.20. The monoisotopic (exact) mass is 618 g/mol. The van der Waals surface area contributed by atoms with Crippen LogP contribution in [0.1, 0.15) is 42.6 Å². The molecule has 2 aromatic heterocycles. The zero-order chi connectivity index (χ0) is 30.6. The van der Waals surface area contributed by atoms with Crippen LogP contribution < -0.4 is 15.2 Å². The molecule has 0 radical (unpaired) electrons. The highest BCUT2D eigenvalue weighted by Crippen LogP contribution is 2.32. The number of amides is 1. The van der Waals surface area contributed by atoms with Crippen molar-refractivity contribution >= 4 is 59.8 Å². The predicted molar refractivity (Wildman–Crippen MR) is 169 cm³/mol. The molecular weight excluding hydrogens is 588 g/mol. The third-order valence-electron chi connectivity index (χ3n) is 6.83. The average Bonchev–Trinajstić information content (AvgIpc) is 3.45. The zero-order valence-electron chi connectivity index (χ0n) is 23.9. The lowest BCUT2D eigenvalue weighted by Crippen LogP contribution is -2.32. The van der Waals surface area contributed by atoms with E-state index in [-0.39, 0.29) is 26.6 Å². The number of anilines is 1. The van der Waals surface area contributed by atoms with Gasteiger partial charge in [-0.15, -0.1) is 0 Å². The lowest BCUT2D eigenvalue weighted by molar-refractivity contribution is 0.0987. The number of carbonyl (C=O) groups is 1. The minimum absolute atomic E-state index is 0.0953. The summed E-state index contributed by atoms with van der Waals surface area (Å²) in [5, 5.41) is 6.11. The quantitative estimate of drug-likeness (QED) is 0.133. The van der Waals surface area contributed by atoms with E-state index in [0.717, 1.165) is 22.6 Å². The summed E-state index contributed by atoms with van der Waals surface area (Å²) in [5.41, 5.74) is 1.10. The van der Waals surface area contributed by atoms with Crippen LogP contribution in [0.5, 0.6) is 5.75 Å². The van der Waals surface area contributed by atoms with Crippen molar-refractivity contribution in [1.82, 2.24) is 9.29 Å². The Morgan fingerprint density at radius 3 is 2.58 bits per heavy atom. The molecule has 2 heterocycles. The lowest BCUT2D eigenvalue weighted by atomic mass is 10.2. The summed E-state index contributed by atoms with van der Waals surface area (Å²) in [7, 11) is -2.16. The van der Waals surface area contributed by atoms with E-state index in [2.05, 4.69) is 10.1 Å². The molecule has 0 saturated heterocycles. The Morgan fingerprint density at radius 1 is 1.09 bits per heavy atom. The van der Waals surface area contributed by atoms with Gasteiger partial charge in [0.05, 0.1) is 39.4 Å². The topological polar surface area (TPSA) is 122 Å². The number of aromatic nitrogens is 1. The van der Waals surface area contributed by atoms with Crippen LogP contribution in [0.15, 0.2) is 92.2 Å². The Kier molecular flexibility index (Phi) is 9.00. The van der Waals surface area contributed by atoms with Crippen molar-refractivity contribution in [3.63, 3.8) is 0 Å². The predicted octanol–water partition coefficient (Wildman–Crippen LogP) is 5.90. The molecule has 1 amide bonds. The van der Waals surface area contributed by atoms with Gasteiger partial charge >= 0.3 is 0 Å². The van der Waals surface area contributed by atoms with Gasteiger partial charge in [0.2, 0.25) is 20.6 Å². The molecule has 0 spiro atoms. The smallest absolute Gasteiger partial charge is 0.280 e. The standard InChI is InChI=1S/C31H30N4O6S2/c1-4-6-17-34(5-2)43(38,39)24-14-11-21(12-15-24)30(37)35(31-33-26-16-13-23(40-3)18-28(26)42-31)32-19-22-20-41-27-10-8-7-9-25(27)29(22)36/h7-16,18-20H,4-6,17H2,1-3H3/b32-19+. The molecule has 0 saturated carbocycles. The molecule has 12 heteroatoms. The molecule has 0 fully saturated rings. The number of methoxy groups -OCH3 is 1. The van der Waals surface area contributed by atoms with Crippen molar-refractivity contribution in [3.05, 3.63) is 94.3 Å². The number of hydrazone groups is 1. The molecule has 5 rings (SSSR count). The number of carbonyl (C=O) groups excluding carboxylic acids is 1. The summed E-state index contributed by atoms with van der Waals surface area (Å²) >= 11 is 1.22. The van der Waals surface area contributed by atoms with E-state index < -0.39 is 15.9 Å². The fraction of sp³-hybridized carbons (Fsp3) is 0.226. The molecule has 0 aliphatic heterocycles. The van der Waals surface area contributed by atoms with E-state index in [1.54, 1.807) is 56.5 Å². The first-order chi connectivity index (χ1) is 20.8. The third-order valence-corrected chi connectivity index (χ3v) is 9.81. The summed E-state index contributed by atoms with van der Waals surface area (Å²) in [6.45, 7) is 4.56. The highest BCUT2D eigenvalue weighted by atomic mass is 32.2. The van der Waals surface area contributed by atoms with Gasteiger partial charge in [0.1, 0.15) is 17.6 Å². The van der Waals surface area contributed by atoms with Gasteiger partial charge in [-0.05, 0) is 61.0 Å². The maximum Gasteiger partial charge on any atom is 0.280 e. The van der Waals surface area contributed by atoms with Crippen LogP contribution in [0.3, 0.4) is 0 Å². The van der Waals surface area contributed by atoms with E-state index in [0.29, 0.717) is 35.3 Å². The van der Waals surface area contributed by atoms with Gasteiger partial charge in [0.15, 0.2) is 0 Å². The van der Waals surface area contributed by atoms with Gasteiger partial charge in [0, 0.05) is 18.7 Å². The normalized spacial score (nSPS) is 12.0. The molecule has 10 nitrogen and oxygen atoms in total. The Balaban J connectivity index is 1.53. The second-order valence-corrected chi connectivity index (χ2v) is 12.5. The number of benzene rings is 3. The number of thiazole rings is 1. The van der Waals surface area contributed by atoms with Gasteiger partial charge < -0.3 is 9.15 Å². The second-order valence-electron chi connectivity index (χ2n) is 9.58. The SMILES string of the molecule is CCCCN(CC)S(=O)(=O)c1ccc(C(=O)N(/N=C/c2coc3ccccc3c2=O)c2nc3ccc(OC)cc3s2)cc1. The largest absolute Gasteiger partial charge is 0.497 e. The summed E-state index contributed by atoms with van der Waals surface area (Å²) < 4.78 is 39.5. The van der Waals surface area contributed by atoms with Crippen LogP contribution >= 0.6 is 11.3 Å². The number of rotatable bonds is 11. The van der Waals surface area contributed by atoms with Crippen LogP contribution in [-0.4, -0.2) is 50.0 Å². The Hall–Kier alpha value is -4.39. The number of unbranched alkanes of at least 4 members (excludes halogenated alkanes) is 1. The fourth-order valence-corrected chi connectivity index (χ4v) is 6.86. The molecular formula is C31H30N4O6S2. The van der Waals surface area contributed by atoms with Crippen LogP contribution in [0.4, 0.5) is 5.13 Å². The van der Waals surface area contributed by atoms with Crippen molar-refractivity contribution < 1.29 is 22.4 Å². The fourth-order valence-electron chi connectivity index (χ4n) is 4.42. The van der Waals surface area contributed by atoms with E-state index in [4.69, 9.17) is 9.15 Å². The Morgan fingerprint density at radius 2 is 1.86 bits per heavy atom. The molecule has 0 aliphatic rings. The van der Waals surface area contributed by atoms with Gasteiger partial charge in [-0.3, -0.25) is 9.59 Å². The van der Waals surface area contributed by atoms with Crippen molar-refractivity contribution in [2.24, 2.45) is 5.10 Å². The average molecular weight is 619 g/mol. The second kappa shape index (κ2) is 12.9. The first-order valence-electron chi connectivity index (χ1n) is 13.7. The Labute approximate surface area is 252 Å². The van der Waals surface area contributed by atoms with Gasteiger partial charge in [0.25, 0.3) is 5.91 Å². The number of ether oxygens (including phenoxy) is 1. The molecule has 3 aromatic carbocycles. The number of hydrogen-bond acceptors (Lipinski definition) is 9. The van der Waals surface area contributed by atoms with Crippen molar-refractivity contribution in [1.29, 1.82) is 0 Å². The zero-order valence-corrected chi connectivity index (χ0v) is 25.5. The van der Waals surface area contributed by atoms with Crippen LogP contribution in [0, 0.1) is 0 Å². The highest BCUT2D eigenvalue weighted by Gasteiger charge is 2.25. The summed E-state index contributed by atoms with van der Waals surface area (Å²) in [6.07, 6.45) is 4.17. The number of hydrogen-bond donors (Lipinski definition) is 0. The van der Waals surface area contributed by atoms with Gasteiger partial charge in [-0.2, -0.15) is 14.4 Å². The highest BCUT2D eigenvalue weighted by molar-refractivity contribution is 7.89. The van der Waals surface area contributed by atoms with E-state index in [9.17, 15) is 18.0 Å². The van der Waals surface area contributed by atoms with Crippen LogP contribution in [0.2, 0.25) is 0 Å². The van der Waals surface area contributed by atoms with E-state index >= 15 is 0 Å². The summed E-state index contributed by atoms with van der Waals surface area (Å²) in [6, 6.07) is 17.9. The van der Waals surface area contributed by atoms with Crippen molar-refractivity contribution in [3.8, 4) is 5.75 Å². The number of fused-ring (bicyclic) bond motifs is 2. The molecule has 5 aromatic rings. The van der Waals surface area contributed by atoms with Crippen molar-refractivity contribution in [2.75, 3.05) is 25.2 Å². The summed E-state index contributed by atoms with van der Waals surface area (Å²) in [5.74, 6) is 0.0736. The first-order valence-corrected chi connectivity index (χ1v) is 16.0. The molecule has 0 aliphatic carbocycles. The van der Waals surface area contributed by atoms with Crippen LogP contribution in [-0.2, 0) is 10.0 Å². The molecule has 0 atom stereocenters. The minimum Gasteiger partial charge on any atom is -0.497 e. The molecule has 0 N–H and O–H groups in total. The van der Waals surface area contributed by atoms with Crippen molar-refractivity contribution in [2.45, 2.75) is 31.6 Å². The minimum atomic E-state index is -3.72. The Bertz CT molecular complexity index is 1970. The first kappa shape index (κ1) is 30.1. The van der Waals surface area contributed by atoms with Gasteiger partial charge in [-0.25, -0.2) is 13.4 Å². The maximum atomic E-state index is 13.8. The van der Waals surface area contributed by atoms with E-state index in [1.807, 2.05) is 6.92 Å². The maximum absolute atomic E-state index is 13.8. The molecule has 0 unspecified atom stereocenters.